The molecule has 0 radical (unpaired) electrons. The number of fused-ring (bicyclic) bond motifs is 8. The lowest BCUT2D eigenvalue weighted by Gasteiger charge is -2.25. The van der Waals surface area contributed by atoms with Gasteiger partial charge in [-0.25, -0.2) is 9.98 Å². The van der Waals surface area contributed by atoms with E-state index < -0.39 is 0 Å². The second-order valence-corrected chi connectivity index (χ2v) is 13.4. The summed E-state index contributed by atoms with van der Waals surface area (Å²) in [6, 6.07) is 50.6. The van der Waals surface area contributed by atoms with Crippen LogP contribution < -0.4 is 10.6 Å². The van der Waals surface area contributed by atoms with Crippen LogP contribution in [0.5, 0.6) is 0 Å². The summed E-state index contributed by atoms with van der Waals surface area (Å²) in [6.45, 7) is 0.654. The Morgan fingerprint density at radius 3 is 2.12 bits per heavy atom. The van der Waals surface area contributed by atoms with Crippen molar-refractivity contribution in [3.8, 4) is 0 Å². The number of para-hydroxylation sites is 2. The molecule has 11 rings (SSSR count). The fourth-order valence-corrected chi connectivity index (χ4v) is 8.00. The number of amidine groups is 2. The minimum absolute atomic E-state index is 0.371. The van der Waals surface area contributed by atoms with Crippen molar-refractivity contribution in [2.45, 2.75) is 12.7 Å². The summed E-state index contributed by atoms with van der Waals surface area (Å²) in [5, 5.41) is 15.0. The monoisotopic (exact) mass is 670 g/mol. The third kappa shape index (κ3) is 4.44. The molecule has 1 unspecified atom stereocenters. The molecule has 2 N–H and O–H groups in total. The van der Waals surface area contributed by atoms with Crippen molar-refractivity contribution in [2.24, 2.45) is 9.98 Å². The first-order chi connectivity index (χ1) is 25.8. The molecule has 4 heterocycles. The van der Waals surface area contributed by atoms with E-state index in [1.54, 1.807) is 0 Å². The van der Waals surface area contributed by atoms with Gasteiger partial charge in [-0.3, -0.25) is 0 Å². The third-order valence-electron chi connectivity index (χ3n) is 10.4. The molecule has 0 bridgehead atoms. The van der Waals surface area contributed by atoms with Gasteiger partial charge in [0.15, 0.2) is 5.84 Å². The fourth-order valence-electron chi connectivity index (χ4n) is 8.00. The lowest BCUT2D eigenvalue weighted by Crippen LogP contribution is -2.33. The molecule has 1 atom stereocenters. The number of nitrogens with one attached hydrogen (secondary N) is 2. The maximum atomic E-state index is 6.31. The maximum Gasteiger partial charge on any atom is 0.160 e. The van der Waals surface area contributed by atoms with Crippen molar-refractivity contribution in [1.29, 1.82) is 0 Å². The second-order valence-electron chi connectivity index (χ2n) is 13.4. The lowest BCUT2D eigenvalue weighted by atomic mass is 9.89. The van der Waals surface area contributed by atoms with Gasteiger partial charge in [0.25, 0.3) is 0 Å². The quantitative estimate of drug-likeness (QED) is 0.195. The molecule has 0 aliphatic carbocycles. The summed E-state index contributed by atoms with van der Waals surface area (Å²) in [4.78, 5) is 10.6. The van der Waals surface area contributed by atoms with Crippen molar-refractivity contribution in [2.75, 3.05) is 0 Å². The summed E-state index contributed by atoms with van der Waals surface area (Å²) < 4.78 is 12.6. The Kier molecular flexibility index (Phi) is 6.28. The molecular weight excluding hydrogens is 641 g/mol. The Labute approximate surface area is 298 Å². The number of hydrogen-bond acceptors (Lipinski definition) is 6. The summed E-state index contributed by atoms with van der Waals surface area (Å²) in [7, 11) is 0. The molecule has 9 aromatic rings. The van der Waals surface area contributed by atoms with E-state index in [1.807, 2.05) is 42.5 Å². The Morgan fingerprint density at radius 2 is 1.25 bits per heavy atom. The molecule has 0 spiro atoms. The van der Waals surface area contributed by atoms with Gasteiger partial charge in [-0.05, 0) is 56.9 Å². The Balaban J connectivity index is 1.11. The van der Waals surface area contributed by atoms with Crippen molar-refractivity contribution in [1.82, 2.24) is 10.6 Å². The molecular formula is C46H30N4O2. The third-order valence-corrected chi connectivity index (χ3v) is 10.4. The molecule has 2 aliphatic rings. The van der Waals surface area contributed by atoms with Crippen LogP contribution in [0.3, 0.4) is 0 Å². The molecule has 52 heavy (non-hydrogen) atoms. The molecule has 6 nitrogen and oxygen atoms in total. The highest BCUT2D eigenvalue weighted by Crippen LogP contribution is 2.40. The standard InChI is InChI=1S/C46H30N4O2/c1-2-11-28-24-29(21-20-27(28)10-1)44-48-45(50-46(49-44)36-16-9-19-40-42(36)34-14-5-7-17-38(34)51-40)33-23-22-32(30-12-3-4-13-31(30)33)37-25-47-26-41-43(37)35-15-6-8-18-39(35)52-41/h1-25,44,47H,26H2,(H,48,49,50). The zero-order valence-electron chi connectivity index (χ0n) is 27.9. The molecule has 7 aromatic carbocycles. The van der Waals surface area contributed by atoms with Crippen LogP contribution >= 0.6 is 0 Å². The average molecular weight is 671 g/mol. The first-order valence-electron chi connectivity index (χ1n) is 17.6. The minimum Gasteiger partial charge on any atom is -0.459 e. The van der Waals surface area contributed by atoms with Crippen LogP contribution in [-0.4, -0.2) is 11.7 Å². The summed E-state index contributed by atoms with van der Waals surface area (Å²) in [5.74, 6) is 2.37. The minimum atomic E-state index is -0.371. The average Bonchev–Trinajstić information content (AvgIpc) is 3.79. The fraction of sp³-hybridized carbons (Fsp3) is 0.0435. The second kappa shape index (κ2) is 11.3. The number of furan rings is 2. The van der Waals surface area contributed by atoms with Gasteiger partial charge >= 0.3 is 0 Å². The first-order valence-corrected chi connectivity index (χ1v) is 17.6. The maximum absolute atomic E-state index is 6.31. The van der Waals surface area contributed by atoms with Gasteiger partial charge in [-0.15, -0.1) is 0 Å². The predicted octanol–water partition coefficient (Wildman–Crippen LogP) is 10.6. The normalized spacial score (nSPS) is 15.7. The van der Waals surface area contributed by atoms with Crippen molar-refractivity contribution >= 4 is 71.7 Å². The van der Waals surface area contributed by atoms with Gasteiger partial charge in [0.1, 0.15) is 34.5 Å². The number of benzene rings is 7. The molecule has 0 amide bonds. The highest BCUT2D eigenvalue weighted by atomic mass is 16.3. The van der Waals surface area contributed by atoms with Crippen molar-refractivity contribution in [3.05, 3.63) is 185 Å². The Hall–Kier alpha value is -6.92. The molecule has 2 aromatic heterocycles. The lowest BCUT2D eigenvalue weighted by molar-refractivity contribution is 0.531. The van der Waals surface area contributed by atoms with E-state index >= 15 is 0 Å². The van der Waals surface area contributed by atoms with Crippen LogP contribution in [0.1, 0.15) is 39.7 Å². The topological polar surface area (TPSA) is 75.1 Å². The Morgan fingerprint density at radius 1 is 0.558 bits per heavy atom. The number of aliphatic imine (C=N–C) groups is 2. The van der Waals surface area contributed by atoms with Crippen LogP contribution in [0.25, 0.3) is 60.0 Å². The molecule has 0 saturated heterocycles. The summed E-state index contributed by atoms with van der Waals surface area (Å²) in [5.41, 5.74) is 8.95. The molecule has 0 saturated carbocycles. The van der Waals surface area contributed by atoms with Gasteiger partial charge in [-0.2, -0.15) is 0 Å². The van der Waals surface area contributed by atoms with Crippen LogP contribution in [0.2, 0.25) is 0 Å². The van der Waals surface area contributed by atoms with E-state index in [0.29, 0.717) is 12.4 Å². The largest absolute Gasteiger partial charge is 0.459 e. The van der Waals surface area contributed by atoms with Gasteiger partial charge < -0.3 is 19.5 Å². The van der Waals surface area contributed by atoms with Gasteiger partial charge in [0.05, 0.1) is 6.54 Å². The van der Waals surface area contributed by atoms with Gasteiger partial charge in [-0.1, -0.05) is 121 Å². The molecule has 6 heteroatoms. The highest BCUT2D eigenvalue weighted by Gasteiger charge is 2.27. The van der Waals surface area contributed by atoms with E-state index in [2.05, 4.69) is 120 Å². The van der Waals surface area contributed by atoms with E-state index in [9.17, 15) is 0 Å². The highest BCUT2D eigenvalue weighted by molar-refractivity contribution is 6.24. The zero-order chi connectivity index (χ0) is 34.2. The van der Waals surface area contributed by atoms with Crippen LogP contribution in [0.4, 0.5) is 0 Å². The SMILES string of the molecule is C1=C(c2ccc(C3=NC(c4cccc5oc6ccccc6c45)=NC(c4ccc5ccccc5c4)N3)c3ccccc23)c2c(oc3ccccc23)CN1. The van der Waals surface area contributed by atoms with Crippen LogP contribution in [0.15, 0.2) is 171 Å². The zero-order valence-corrected chi connectivity index (χ0v) is 27.9. The van der Waals surface area contributed by atoms with Crippen molar-refractivity contribution in [3.63, 3.8) is 0 Å². The summed E-state index contributed by atoms with van der Waals surface area (Å²) in [6.07, 6.45) is 1.75. The van der Waals surface area contributed by atoms with Gasteiger partial charge in [0.2, 0.25) is 0 Å². The number of hydrogen-bond donors (Lipinski definition) is 2. The number of rotatable bonds is 4. The number of nitrogens with zero attached hydrogens (tertiary/aromatic N) is 2. The van der Waals surface area contributed by atoms with E-state index in [1.165, 1.54) is 10.8 Å². The van der Waals surface area contributed by atoms with Crippen molar-refractivity contribution < 1.29 is 8.83 Å². The van der Waals surface area contributed by atoms with E-state index in [-0.39, 0.29) is 6.17 Å². The molecule has 246 valence electrons. The van der Waals surface area contributed by atoms with E-state index in [4.69, 9.17) is 18.8 Å². The van der Waals surface area contributed by atoms with E-state index in [0.717, 1.165) is 88.7 Å². The van der Waals surface area contributed by atoms with Crippen LogP contribution in [0, 0.1) is 0 Å². The molecule has 0 fully saturated rings. The summed E-state index contributed by atoms with van der Waals surface area (Å²) >= 11 is 0. The smallest absolute Gasteiger partial charge is 0.160 e. The molecule has 2 aliphatic heterocycles. The van der Waals surface area contributed by atoms with Gasteiger partial charge in [0, 0.05) is 44.6 Å². The Bertz CT molecular complexity index is 3020. The van der Waals surface area contributed by atoms with Crippen LogP contribution in [-0.2, 0) is 6.54 Å². The predicted molar refractivity (Wildman–Crippen MR) is 211 cm³/mol. The first kappa shape index (κ1) is 28.9.